The number of halogens is 1. The first-order valence-electron chi connectivity index (χ1n) is 7.84. The van der Waals surface area contributed by atoms with E-state index in [9.17, 15) is 0 Å². The molecule has 2 aromatic heterocycles. The Morgan fingerprint density at radius 1 is 0.808 bits per heavy atom. The van der Waals surface area contributed by atoms with Crippen LogP contribution in [0.4, 0.5) is 0 Å². The van der Waals surface area contributed by atoms with Crippen LogP contribution in [0.1, 0.15) is 18.1 Å². The first-order chi connectivity index (χ1) is 12.7. The highest BCUT2D eigenvalue weighted by atomic mass is 35.5. The second-order valence-corrected chi connectivity index (χ2v) is 7.18. The molecule has 4 aromatic rings. The van der Waals surface area contributed by atoms with E-state index >= 15 is 0 Å². The Morgan fingerprint density at radius 3 is 2.23 bits per heavy atom. The topological polar surface area (TPSA) is 77.8 Å². The smallest absolute Gasteiger partial charge is 0.277 e. The van der Waals surface area contributed by atoms with E-state index in [1.807, 2.05) is 49.4 Å². The zero-order chi connectivity index (χ0) is 17.9. The minimum Gasteiger partial charge on any atom is -0.419 e. The van der Waals surface area contributed by atoms with Crippen molar-refractivity contribution in [3.05, 3.63) is 65.5 Å². The van der Waals surface area contributed by atoms with Crippen LogP contribution in [0.2, 0.25) is 5.02 Å². The van der Waals surface area contributed by atoms with Crippen LogP contribution < -0.4 is 0 Å². The molecule has 2 heterocycles. The van der Waals surface area contributed by atoms with Crippen LogP contribution in [0.5, 0.6) is 0 Å². The van der Waals surface area contributed by atoms with Crippen molar-refractivity contribution in [1.82, 2.24) is 20.4 Å². The fourth-order valence-electron chi connectivity index (χ4n) is 2.26. The summed E-state index contributed by atoms with van der Waals surface area (Å²) in [6, 6.07) is 16.8. The Balaban J connectivity index is 1.48. The van der Waals surface area contributed by atoms with Crippen molar-refractivity contribution >= 4 is 23.4 Å². The van der Waals surface area contributed by atoms with Crippen molar-refractivity contribution in [3.8, 4) is 22.9 Å². The molecule has 4 rings (SSSR count). The molecule has 0 saturated carbocycles. The summed E-state index contributed by atoms with van der Waals surface area (Å²) in [7, 11) is 0. The molecule has 1 atom stereocenters. The molecule has 6 nitrogen and oxygen atoms in total. The number of hydrogen-bond donors (Lipinski definition) is 0. The molecule has 130 valence electrons. The van der Waals surface area contributed by atoms with Gasteiger partial charge in [0.05, 0.1) is 5.25 Å². The first kappa shape index (κ1) is 16.8. The number of aromatic nitrogens is 4. The highest BCUT2D eigenvalue weighted by Gasteiger charge is 2.19. The second kappa shape index (κ2) is 7.31. The molecule has 0 radical (unpaired) electrons. The van der Waals surface area contributed by atoms with Gasteiger partial charge in [0, 0.05) is 16.1 Å². The van der Waals surface area contributed by atoms with Gasteiger partial charge < -0.3 is 8.83 Å². The second-order valence-electron chi connectivity index (χ2n) is 5.45. The molecule has 0 spiro atoms. The van der Waals surface area contributed by atoms with E-state index in [1.54, 1.807) is 12.1 Å². The molecule has 0 saturated heterocycles. The van der Waals surface area contributed by atoms with Crippen LogP contribution in [-0.4, -0.2) is 20.4 Å². The highest BCUT2D eigenvalue weighted by molar-refractivity contribution is 7.99. The Hall–Kier alpha value is -2.64. The molecule has 8 heteroatoms. The van der Waals surface area contributed by atoms with Crippen LogP contribution in [0, 0.1) is 0 Å². The first-order valence-corrected chi connectivity index (χ1v) is 9.10. The number of thioether (sulfide) groups is 1. The maximum absolute atomic E-state index is 5.89. The average Bonchev–Trinajstić information content (AvgIpc) is 3.33. The molecule has 0 N–H and O–H groups in total. The summed E-state index contributed by atoms with van der Waals surface area (Å²) in [5, 5.41) is 17.3. The number of hydrogen-bond acceptors (Lipinski definition) is 7. The fourth-order valence-corrected chi connectivity index (χ4v) is 3.10. The summed E-state index contributed by atoms with van der Waals surface area (Å²) in [5.41, 5.74) is 1.69. The van der Waals surface area contributed by atoms with Gasteiger partial charge in [-0.25, -0.2) is 0 Å². The maximum Gasteiger partial charge on any atom is 0.277 e. The molecule has 0 unspecified atom stereocenters. The van der Waals surface area contributed by atoms with E-state index in [2.05, 4.69) is 20.4 Å². The monoisotopic (exact) mass is 384 g/mol. The lowest BCUT2D eigenvalue weighted by Gasteiger charge is -2.01. The summed E-state index contributed by atoms with van der Waals surface area (Å²) in [6.07, 6.45) is 0. The van der Waals surface area contributed by atoms with Crippen molar-refractivity contribution in [2.24, 2.45) is 0 Å². The van der Waals surface area contributed by atoms with E-state index in [1.165, 1.54) is 11.8 Å². The van der Waals surface area contributed by atoms with Crippen molar-refractivity contribution in [1.29, 1.82) is 0 Å². The lowest BCUT2D eigenvalue weighted by atomic mass is 10.2. The van der Waals surface area contributed by atoms with Crippen molar-refractivity contribution in [3.63, 3.8) is 0 Å². The van der Waals surface area contributed by atoms with Crippen LogP contribution in [-0.2, 0) is 0 Å². The molecule has 0 aliphatic heterocycles. The van der Waals surface area contributed by atoms with Crippen LogP contribution in [0.3, 0.4) is 0 Å². The number of rotatable bonds is 5. The van der Waals surface area contributed by atoms with Gasteiger partial charge in [-0.1, -0.05) is 41.6 Å². The van der Waals surface area contributed by atoms with Crippen molar-refractivity contribution in [2.45, 2.75) is 17.4 Å². The average molecular weight is 385 g/mol. The molecule has 2 aromatic carbocycles. The predicted octanol–water partition coefficient (Wildman–Crippen LogP) is 5.29. The molecule has 0 amide bonds. The van der Waals surface area contributed by atoms with Gasteiger partial charge in [-0.15, -0.1) is 20.4 Å². The van der Waals surface area contributed by atoms with Crippen LogP contribution in [0.25, 0.3) is 22.9 Å². The Labute approximate surface area is 158 Å². The molecular formula is C18H13ClN4O2S. The van der Waals surface area contributed by atoms with Gasteiger partial charge >= 0.3 is 0 Å². The Bertz CT molecular complexity index is 1000. The van der Waals surface area contributed by atoms with E-state index < -0.39 is 0 Å². The predicted molar refractivity (Wildman–Crippen MR) is 98.8 cm³/mol. The third-order valence-corrected chi connectivity index (χ3v) is 4.76. The third kappa shape index (κ3) is 3.63. The van der Waals surface area contributed by atoms with Crippen LogP contribution >= 0.6 is 23.4 Å². The summed E-state index contributed by atoms with van der Waals surface area (Å²) >= 11 is 7.25. The normalized spacial score (nSPS) is 12.2. The minimum atomic E-state index is -0.126. The van der Waals surface area contributed by atoms with Crippen molar-refractivity contribution in [2.75, 3.05) is 0 Å². The SMILES string of the molecule is C[C@H](Sc1nnc(-c2ccc(Cl)cc2)o1)c1nnc(-c2ccccc2)o1. The van der Waals surface area contributed by atoms with Gasteiger partial charge in [0.25, 0.3) is 5.22 Å². The molecule has 0 aliphatic carbocycles. The summed E-state index contributed by atoms with van der Waals surface area (Å²) in [6.45, 7) is 1.94. The Morgan fingerprint density at radius 2 is 1.46 bits per heavy atom. The minimum absolute atomic E-state index is 0.126. The summed E-state index contributed by atoms with van der Waals surface area (Å²) in [4.78, 5) is 0. The standard InChI is InChI=1S/C18H13ClN4O2S/c1-11(15-20-21-16(24-15)12-5-3-2-4-6-12)26-18-23-22-17(25-18)13-7-9-14(19)10-8-13/h2-11H,1H3/t11-/m0/s1. The summed E-state index contributed by atoms with van der Waals surface area (Å²) < 4.78 is 11.5. The highest BCUT2D eigenvalue weighted by Crippen LogP contribution is 2.35. The van der Waals surface area contributed by atoms with E-state index in [-0.39, 0.29) is 5.25 Å². The Kier molecular flexibility index (Phi) is 4.73. The van der Waals surface area contributed by atoms with Gasteiger partial charge in [0.1, 0.15) is 0 Å². The zero-order valence-electron chi connectivity index (χ0n) is 13.7. The number of benzene rings is 2. The number of nitrogens with zero attached hydrogens (tertiary/aromatic N) is 4. The van der Waals surface area contributed by atoms with Crippen LogP contribution in [0.15, 0.2) is 68.7 Å². The van der Waals surface area contributed by atoms with E-state index in [4.69, 9.17) is 20.4 Å². The molecule has 26 heavy (non-hydrogen) atoms. The van der Waals surface area contributed by atoms with Gasteiger partial charge in [-0.3, -0.25) is 0 Å². The quantitative estimate of drug-likeness (QED) is 0.432. The van der Waals surface area contributed by atoms with Gasteiger partial charge in [-0.05, 0) is 43.3 Å². The maximum atomic E-state index is 5.89. The molecule has 0 aliphatic rings. The third-order valence-electron chi connectivity index (χ3n) is 3.58. The largest absolute Gasteiger partial charge is 0.419 e. The van der Waals surface area contributed by atoms with E-state index in [0.717, 1.165) is 11.1 Å². The molecular weight excluding hydrogens is 372 g/mol. The lowest BCUT2D eigenvalue weighted by Crippen LogP contribution is -1.88. The zero-order valence-corrected chi connectivity index (χ0v) is 15.2. The van der Waals surface area contributed by atoms with Crippen molar-refractivity contribution < 1.29 is 8.83 Å². The van der Waals surface area contributed by atoms with Gasteiger partial charge in [-0.2, -0.15) is 0 Å². The fraction of sp³-hybridized carbons (Fsp3) is 0.111. The van der Waals surface area contributed by atoms with E-state index in [0.29, 0.717) is 27.9 Å². The lowest BCUT2D eigenvalue weighted by molar-refractivity contribution is 0.461. The molecule has 0 fully saturated rings. The van der Waals surface area contributed by atoms with Gasteiger partial charge in [0.2, 0.25) is 17.7 Å². The summed E-state index contributed by atoms with van der Waals surface area (Å²) in [5.74, 6) is 1.42. The molecule has 0 bridgehead atoms. The van der Waals surface area contributed by atoms with Gasteiger partial charge in [0.15, 0.2) is 0 Å².